The van der Waals surface area contributed by atoms with E-state index in [1.807, 2.05) is 30.3 Å². The van der Waals surface area contributed by atoms with Crippen molar-refractivity contribution < 1.29 is 27.9 Å². The summed E-state index contributed by atoms with van der Waals surface area (Å²) in [6.07, 6.45) is -1.10. The van der Waals surface area contributed by atoms with Crippen LogP contribution in [0.15, 0.2) is 54.7 Å². The van der Waals surface area contributed by atoms with Gasteiger partial charge in [0, 0.05) is 62.7 Å². The van der Waals surface area contributed by atoms with Gasteiger partial charge >= 0.3 is 0 Å². The van der Waals surface area contributed by atoms with Crippen molar-refractivity contribution in [2.45, 2.75) is 52.1 Å². The van der Waals surface area contributed by atoms with Crippen molar-refractivity contribution in [1.29, 1.82) is 0 Å². The van der Waals surface area contributed by atoms with Gasteiger partial charge in [-0.15, -0.1) is 0 Å². The van der Waals surface area contributed by atoms with Crippen LogP contribution in [0.3, 0.4) is 0 Å². The van der Waals surface area contributed by atoms with Gasteiger partial charge in [0.15, 0.2) is 0 Å². The van der Waals surface area contributed by atoms with Gasteiger partial charge in [0.05, 0.1) is 11.7 Å². The van der Waals surface area contributed by atoms with E-state index in [9.17, 15) is 27.9 Å². The van der Waals surface area contributed by atoms with Crippen LogP contribution < -0.4 is 10.6 Å². The number of aliphatic hydroxyl groups is 1. The Morgan fingerprint density at radius 2 is 1.90 bits per heavy atom. The summed E-state index contributed by atoms with van der Waals surface area (Å²) in [6.45, 7) is 5.59. The molecule has 0 bridgehead atoms. The van der Waals surface area contributed by atoms with Crippen molar-refractivity contribution in [3.05, 3.63) is 77.8 Å². The number of nitrogens with zero attached hydrogens (tertiary/aromatic N) is 3. The number of amides is 2. The summed E-state index contributed by atoms with van der Waals surface area (Å²) in [5.74, 6) is -2.54. The van der Waals surface area contributed by atoms with E-state index in [1.165, 1.54) is 18.9 Å². The van der Waals surface area contributed by atoms with Gasteiger partial charge in [-0.3, -0.25) is 9.59 Å². The topological polar surface area (TPSA) is 99.5 Å². The van der Waals surface area contributed by atoms with E-state index in [4.69, 9.17) is 4.98 Å². The quantitative estimate of drug-likeness (QED) is 0.318. The summed E-state index contributed by atoms with van der Waals surface area (Å²) < 4.78 is 45.8. The minimum Gasteiger partial charge on any atom is -0.384 e. The fraction of sp³-hybridized carbons (Fsp3) is 0.452. The number of nitrogens with one attached hydrogen (secondary N) is 2. The Labute approximate surface area is 243 Å². The van der Waals surface area contributed by atoms with Crippen LogP contribution in [0.5, 0.6) is 0 Å². The third-order valence-corrected chi connectivity index (χ3v) is 7.73. The maximum Gasteiger partial charge on any atom is 0.251 e. The molecule has 1 unspecified atom stereocenters. The molecular weight excluding hydrogens is 547 g/mol. The Balaban J connectivity index is 1.95. The van der Waals surface area contributed by atoms with E-state index >= 15 is 0 Å². The van der Waals surface area contributed by atoms with Gasteiger partial charge < -0.3 is 25.2 Å². The van der Waals surface area contributed by atoms with E-state index < -0.39 is 47.2 Å². The van der Waals surface area contributed by atoms with Crippen LogP contribution in [0.25, 0.3) is 11.3 Å². The van der Waals surface area contributed by atoms with Gasteiger partial charge in [-0.2, -0.15) is 0 Å². The second-order valence-corrected chi connectivity index (χ2v) is 11.6. The lowest BCUT2D eigenvalue weighted by Gasteiger charge is -2.43. The van der Waals surface area contributed by atoms with Gasteiger partial charge in [-0.05, 0) is 30.7 Å². The lowest BCUT2D eigenvalue weighted by molar-refractivity contribution is -0.147. The van der Waals surface area contributed by atoms with Gasteiger partial charge in [0.25, 0.3) is 5.91 Å². The number of rotatable bonds is 11. The van der Waals surface area contributed by atoms with Crippen molar-refractivity contribution in [1.82, 2.24) is 25.1 Å². The molecule has 1 aromatic heterocycles. The zero-order chi connectivity index (χ0) is 30.6. The van der Waals surface area contributed by atoms with Crippen LogP contribution in [-0.2, 0) is 16.1 Å². The largest absolute Gasteiger partial charge is 0.384 e. The highest BCUT2D eigenvalue weighted by atomic mass is 19.1. The number of hydrogen-bond acceptors (Lipinski definition) is 5. The first-order valence-electron chi connectivity index (χ1n) is 14.0. The molecule has 1 fully saturated rings. The van der Waals surface area contributed by atoms with Gasteiger partial charge in [-0.1, -0.05) is 44.2 Å². The lowest BCUT2D eigenvalue weighted by Crippen LogP contribution is -2.50. The third kappa shape index (κ3) is 7.01. The summed E-state index contributed by atoms with van der Waals surface area (Å²) >= 11 is 0. The molecule has 1 aliphatic heterocycles. The molecule has 4 atom stereocenters. The van der Waals surface area contributed by atoms with Crippen molar-refractivity contribution in [3.8, 4) is 11.3 Å². The minimum atomic E-state index is -1.42. The first-order chi connectivity index (χ1) is 19.9. The molecule has 0 spiro atoms. The molecule has 0 saturated carbocycles. The fourth-order valence-electron chi connectivity index (χ4n) is 5.58. The lowest BCUT2D eigenvalue weighted by atomic mass is 9.78. The molecule has 8 nitrogen and oxygen atoms in total. The van der Waals surface area contributed by atoms with Crippen molar-refractivity contribution >= 4 is 11.8 Å². The van der Waals surface area contributed by atoms with Crippen molar-refractivity contribution in [2.24, 2.45) is 11.3 Å². The summed E-state index contributed by atoms with van der Waals surface area (Å²) in [4.78, 5) is 32.6. The summed E-state index contributed by atoms with van der Waals surface area (Å²) in [5.41, 5.74) is -0.0559. The molecule has 2 aromatic carbocycles. The smallest absolute Gasteiger partial charge is 0.251 e. The molecule has 2 heterocycles. The number of imidazole rings is 1. The number of alkyl halides is 1. The van der Waals surface area contributed by atoms with Gasteiger partial charge in [0.1, 0.15) is 29.7 Å². The molecule has 3 aromatic rings. The highest BCUT2D eigenvalue weighted by molar-refractivity contribution is 5.81. The predicted octanol–water partition coefficient (Wildman–Crippen LogP) is 3.85. The fourth-order valence-corrected chi connectivity index (χ4v) is 5.58. The predicted molar refractivity (Wildman–Crippen MR) is 153 cm³/mol. The number of halogens is 3. The highest BCUT2D eigenvalue weighted by Crippen LogP contribution is 2.43. The van der Waals surface area contributed by atoms with Gasteiger partial charge in [0.2, 0.25) is 5.91 Å². The normalized spacial score (nSPS) is 18.5. The van der Waals surface area contributed by atoms with Crippen LogP contribution in [0, 0.1) is 23.0 Å². The number of carbonyl (C=O) groups is 2. The van der Waals surface area contributed by atoms with E-state index in [1.54, 1.807) is 24.6 Å². The SMILES string of the molecule is CNC(=O)CC(C)(C)[C@H](c1nc(-c2cc(F)ccc2F)cn1Cc1ccccc1)N(C[C@@H]1CNCC1F)C(=O)[C@H](C)O. The second kappa shape index (κ2) is 13.1. The number of aliphatic hydroxyl groups excluding tert-OH is 1. The Hall–Kier alpha value is -3.70. The first kappa shape index (κ1) is 31.2. The Morgan fingerprint density at radius 1 is 1.19 bits per heavy atom. The molecular formula is C31H38F3N5O3. The number of aromatic nitrogens is 2. The van der Waals surface area contributed by atoms with Crippen LogP contribution >= 0.6 is 0 Å². The molecule has 11 heteroatoms. The number of benzene rings is 2. The third-order valence-electron chi connectivity index (χ3n) is 7.73. The van der Waals surface area contributed by atoms with E-state index in [0.717, 1.165) is 23.8 Å². The monoisotopic (exact) mass is 585 g/mol. The Morgan fingerprint density at radius 3 is 2.52 bits per heavy atom. The zero-order valence-corrected chi connectivity index (χ0v) is 24.3. The van der Waals surface area contributed by atoms with Crippen molar-refractivity contribution in [3.63, 3.8) is 0 Å². The van der Waals surface area contributed by atoms with Crippen molar-refractivity contribution in [2.75, 3.05) is 26.7 Å². The number of carbonyl (C=O) groups excluding carboxylic acids is 2. The Bertz CT molecular complexity index is 1400. The van der Waals surface area contributed by atoms with E-state index in [2.05, 4.69) is 10.6 Å². The van der Waals surface area contributed by atoms with Crippen LogP contribution in [-0.4, -0.2) is 70.3 Å². The molecule has 0 radical (unpaired) electrons. The molecule has 3 N–H and O–H groups in total. The maximum atomic E-state index is 15.0. The average molecular weight is 586 g/mol. The summed E-state index contributed by atoms with van der Waals surface area (Å²) in [6, 6.07) is 11.5. The summed E-state index contributed by atoms with van der Waals surface area (Å²) in [7, 11) is 1.51. The molecule has 42 heavy (non-hydrogen) atoms. The average Bonchev–Trinajstić information content (AvgIpc) is 3.54. The first-order valence-corrected chi connectivity index (χ1v) is 14.0. The minimum absolute atomic E-state index is 0.0401. The molecule has 0 aliphatic carbocycles. The molecule has 1 aliphatic rings. The van der Waals surface area contributed by atoms with Crippen LogP contribution in [0.4, 0.5) is 13.2 Å². The maximum absolute atomic E-state index is 15.0. The van der Waals surface area contributed by atoms with E-state index in [-0.39, 0.29) is 43.2 Å². The van der Waals surface area contributed by atoms with Crippen LogP contribution in [0.1, 0.15) is 44.6 Å². The van der Waals surface area contributed by atoms with E-state index in [0.29, 0.717) is 12.4 Å². The second-order valence-electron chi connectivity index (χ2n) is 11.6. The molecule has 2 amide bonds. The molecule has 4 rings (SSSR count). The van der Waals surface area contributed by atoms with Gasteiger partial charge in [-0.25, -0.2) is 18.2 Å². The molecule has 1 saturated heterocycles. The van der Waals surface area contributed by atoms with Crippen LogP contribution in [0.2, 0.25) is 0 Å². The standard InChI is InChI=1S/C31H38F3N5O3/c1-19(40)30(42)39(17-21-14-36-15-25(21)34)28(31(2,3)13-27(41)35-4)29-37-26(23-12-22(32)10-11-24(23)33)18-38(29)16-20-8-6-5-7-9-20/h5-12,18-19,21,25,28,36,40H,13-17H2,1-4H3,(H,35,41)/t19-,21-,25?,28-/m0/s1. The zero-order valence-electron chi connectivity index (χ0n) is 24.3. The molecule has 226 valence electrons. The highest BCUT2D eigenvalue weighted by Gasteiger charge is 2.45. The Kier molecular flexibility index (Phi) is 9.73. The number of hydrogen-bond donors (Lipinski definition) is 3. The summed E-state index contributed by atoms with van der Waals surface area (Å²) in [5, 5.41) is 16.1.